The number of hydrogen-bond acceptors (Lipinski definition) is 5. The lowest BCUT2D eigenvalue weighted by Crippen LogP contribution is -2.35. The lowest BCUT2D eigenvalue weighted by Gasteiger charge is -2.26. The first-order valence-electron chi connectivity index (χ1n) is 5.46. The first-order chi connectivity index (χ1) is 8.99. The van der Waals surface area contributed by atoms with Crippen LogP contribution >= 0.6 is 11.6 Å². The number of carbonyl (C=O) groups is 2. The van der Waals surface area contributed by atoms with Gasteiger partial charge in [-0.1, -0.05) is 11.6 Å². The molecule has 0 saturated heterocycles. The molecule has 1 aromatic rings. The molecule has 2 rings (SSSR count). The number of anilines is 1. The molecule has 6 nitrogen and oxygen atoms in total. The van der Waals surface area contributed by atoms with E-state index in [1.807, 2.05) is 0 Å². The summed E-state index contributed by atoms with van der Waals surface area (Å²) >= 11 is 6.01. The molecule has 7 heteroatoms. The zero-order valence-corrected chi connectivity index (χ0v) is 11.3. The number of fused-ring (bicyclic) bond motifs is 1. The molecule has 1 atom stereocenters. The smallest absolute Gasteiger partial charge is 0.345 e. The first kappa shape index (κ1) is 13.5. The summed E-state index contributed by atoms with van der Waals surface area (Å²) < 4.78 is 15.2. The molecule has 1 heterocycles. The van der Waals surface area contributed by atoms with Crippen molar-refractivity contribution in [3.63, 3.8) is 0 Å². The molecule has 1 unspecified atom stereocenters. The second kappa shape index (κ2) is 4.97. The van der Waals surface area contributed by atoms with E-state index in [-0.39, 0.29) is 28.0 Å². The highest BCUT2D eigenvalue weighted by atomic mass is 35.5. The van der Waals surface area contributed by atoms with E-state index in [4.69, 9.17) is 25.8 Å². The number of benzene rings is 1. The van der Waals surface area contributed by atoms with Crippen molar-refractivity contribution in [2.75, 3.05) is 19.5 Å². The number of hydrogen-bond donors (Lipinski definition) is 1. The molecular formula is C12H12ClNO5. The largest absolute Gasteiger partial charge is 0.494 e. The second-order valence-electron chi connectivity index (χ2n) is 3.88. The highest BCUT2D eigenvalue weighted by molar-refractivity contribution is 6.33. The molecule has 102 valence electrons. The average Bonchev–Trinajstić information content (AvgIpc) is 2.38. The maximum atomic E-state index is 11.9. The van der Waals surface area contributed by atoms with Crippen LogP contribution < -0.4 is 14.8 Å². The van der Waals surface area contributed by atoms with Gasteiger partial charge in [-0.05, 0) is 13.0 Å². The van der Waals surface area contributed by atoms with Crippen molar-refractivity contribution in [1.82, 2.24) is 0 Å². The van der Waals surface area contributed by atoms with E-state index >= 15 is 0 Å². The zero-order valence-electron chi connectivity index (χ0n) is 10.6. The van der Waals surface area contributed by atoms with E-state index in [0.717, 1.165) is 0 Å². The van der Waals surface area contributed by atoms with Crippen LogP contribution in [0.4, 0.5) is 5.69 Å². The third kappa shape index (κ3) is 2.19. The predicted octanol–water partition coefficient (Wildman–Crippen LogP) is 1.85. The number of carbonyl (C=O) groups excluding carboxylic acids is 2. The van der Waals surface area contributed by atoms with Crippen molar-refractivity contribution in [3.05, 3.63) is 16.7 Å². The Morgan fingerprint density at radius 3 is 2.74 bits per heavy atom. The normalized spacial score (nSPS) is 17.1. The quantitative estimate of drug-likeness (QED) is 0.840. The summed E-state index contributed by atoms with van der Waals surface area (Å²) in [6, 6.07) is 1.46. The van der Waals surface area contributed by atoms with Crippen molar-refractivity contribution in [1.29, 1.82) is 0 Å². The van der Waals surface area contributed by atoms with Crippen LogP contribution in [0.3, 0.4) is 0 Å². The van der Waals surface area contributed by atoms with Gasteiger partial charge in [0.1, 0.15) is 5.56 Å². The van der Waals surface area contributed by atoms with E-state index in [9.17, 15) is 9.59 Å². The summed E-state index contributed by atoms with van der Waals surface area (Å²) in [6.45, 7) is 1.57. The lowest BCUT2D eigenvalue weighted by molar-refractivity contribution is -0.122. The fourth-order valence-corrected chi connectivity index (χ4v) is 2.06. The molecule has 0 bridgehead atoms. The molecule has 1 amide bonds. The minimum absolute atomic E-state index is 0.0550. The number of amides is 1. The molecule has 0 fully saturated rings. The SMILES string of the molecule is COC(=O)c1c(OC)c(Cl)cc2c1OC(C)C(=O)N2. The lowest BCUT2D eigenvalue weighted by atomic mass is 10.1. The summed E-state index contributed by atoms with van der Waals surface area (Å²) in [4.78, 5) is 23.4. The van der Waals surface area contributed by atoms with E-state index < -0.39 is 12.1 Å². The van der Waals surface area contributed by atoms with Crippen molar-refractivity contribution in [3.8, 4) is 11.5 Å². The van der Waals surface area contributed by atoms with Gasteiger partial charge in [0.05, 0.1) is 24.9 Å². The number of nitrogens with one attached hydrogen (secondary N) is 1. The molecule has 0 radical (unpaired) electrons. The molecule has 0 spiro atoms. The van der Waals surface area contributed by atoms with Crippen LogP contribution in [0.15, 0.2) is 6.07 Å². The van der Waals surface area contributed by atoms with Gasteiger partial charge in [0.25, 0.3) is 5.91 Å². The zero-order chi connectivity index (χ0) is 14.2. The van der Waals surface area contributed by atoms with E-state index in [1.165, 1.54) is 20.3 Å². The molecule has 0 aliphatic carbocycles. The Morgan fingerprint density at radius 1 is 1.47 bits per heavy atom. The summed E-state index contributed by atoms with van der Waals surface area (Å²) in [7, 11) is 2.62. The van der Waals surface area contributed by atoms with Gasteiger partial charge in [0.2, 0.25) is 0 Å². The number of rotatable bonds is 2. The van der Waals surface area contributed by atoms with E-state index in [0.29, 0.717) is 5.69 Å². The molecule has 1 N–H and O–H groups in total. The van der Waals surface area contributed by atoms with Gasteiger partial charge >= 0.3 is 5.97 Å². The molecule has 1 aliphatic rings. The Kier molecular flexibility index (Phi) is 3.53. The molecule has 1 aliphatic heterocycles. The summed E-state index contributed by atoms with van der Waals surface area (Å²) in [6.07, 6.45) is -0.721. The highest BCUT2D eigenvalue weighted by Crippen LogP contribution is 2.43. The van der Waals surface area contributed by atoms with Gasteiger partial charge in [-0.3, -0.25) is 4.79 Å². The average molecular weight is 286 g/mol. The van der Waals surface area contributed by atoms with Crippen molar-refractivity contribution < 1.29 is 23.8 Å². The third-order valence-corrected chi connectivity index (χ3v) is 2.98. The Morgan fingerprint density at radius 2 is 2.16 bits per heavy atom. The topological polar surface area (TPSA) is 73.9 Å². The number of esters is 1. The second-order valence-corrected chi connectivity index (χ2v) is 4.29. The van der Waals surface area contributed by atoms with Crippen LogP contribution in [0.1, 0.15) is 17.3 Å². The van der Waals surface area contributed by atoms with E-state index in [1.54, 1.807) is 6.92 Å². The standard InChI is InChI=1S/C12H12ClNO5/c1-5-11(15)14-7-4-6(13)9(17-2)8(10(7)19-5)12(16)18-3/h4-5H,1-3H3,(H,14,15). The Balaban J connectivity index is 2.68. The van der Waals surface area contributed by atoms with E-state index in [2.05, 4.69) is 5.32 Å². The maximum absolute atomic E-state index is 11.9. The molecular weight excluding hydrogens is 274 g/mol. The summed E-state index contributed by atoms with van der Waals surface area (Å²) in [5.41, 5.74) is 0.369. The number of methoxy groups -OCH3 is 2. The molecule has 19 heavy (non-hydrogen) atoms. The Hall–Kier alpha value is -1.95. The first-order valence-corrected chi connectivity index (χ1v) is 5.83. The fraction of sp³-hybridized carbons (Fsp3) is 0.333. The fourth-order valence-electron chi connectivity index (χ4n) is 1.78. The van der Waals surface area contributed by atoms with Gasteiger partial charge < -0.3 is 19.5 Å². The van der Waals surface area contributed by atoms with Crippen LogP contribution in [0.2, 0.25) is 5.02 Å². The van der Waals surface area contributed by atoms with Crippen molar-refractivity contribution in [2.24, 2.45) is 0 Å². The summed E-state index contributed by atoms with van der Waals surface area (Å²) in [5.74, 6) is -0.626. The number of ether oxygens (including phenoxy) is 3. The monoisotopic (exact) mass is 285 g/mol. The Labute approximate surface area is 114 Å². The highest BCUT2D eigenvalue weighted by Gasteiger charge is 2.32. The van der Waals surface area contributed by atoms with Gasteiger partial charge in [0, 0.05) is 0 Å². The van der Waals surface area contributed by atoms with Gasteiger partial charge in [-0.25, -0.2) is 4.79 Å². The maximum Gasteiger partial charge on any atom is 0.345 e. The van der Waals surface area contributed by atoms with Crippen molar-refractivity contribution >= 4 is 29.2 Å². The van der Waals surface area contributed by atoms with Gasteiger partial charge in [-0.15, -0.1) is 0 Å². The van der Waals surface area contributed by atoms with Crippen LogP contribution in [-0.4, -0.2) is 32.2 Å². The Bertz CT molecular complexity index is 558. The molecule has 0 aromatic heterocycles. The molecule has 0 saturated carbocycles. The minimum Gasteiger partial charge on any atom is -0.494 e. The van der Waals surface area contributed by atoms with Gasteiger partial charge in [-0.2, -0.15) is 0 Å². The van der Waals surface area contributed by atoms with Crippen LogP contribution in [0, 0.1) is 0 Å². The predicted molar refractivity (Wildman–Crippen MR) is 68.1 cm³/mol. The van der Waals surface area contributed by atoms with Crippen LogP contribution in [0.25, 0.3) is 0 Å². The number of halogens is 1. The van der Waals surface area contributed by atoms with Crippen molar-refractivity contribution in [2.45, 2.75) is 13.0 Å². The van der Waals surface area contributed by atoms with Crippen LogP contribution in [-0.2, 0) is 9.53 Å². The van der Waals surface area contributed by atoms with Crippen LogP contribution in [0.5, 0.6) is 11.5 Å². The minimum atomic E-state index is -0.721. The summed E-state index contributed by atoms with van der Waals surface area (Å²) in [5, 5.41) is 2.79. The molecule has 1 aromatic carbocycles. The van der Waals surface area contributed by atoms with Gasteiger partial charge in [0.15, 0.2) is 17.6 Å². The third-order valence-electron chi connectivity index (χ3n) is 2.70.